The summed E-state index contributed by atoms with van der Waals surface area (Å²) in [6, 6.07) is -3.58. The molecule has 0 aromatic rings. The molecule has 0 aromatic carbocycles. The van der Waals surface area contributed by atoms with Crippen LogP contribution in [0.1, 0.15) is 73.1 Å². The SMILES string of the molecule is CCC(C)C1NC(=O)C2CCCCN2C(=O)C(CC2CO2)OC(=O)CCNC(=O)C(C)N(C)C(=O)C(C(C)C)N(C)C1=O. The van der Waals surface area contributed by atoms with Crippen LogP contribution in [0.3, 0.4) is 0 Å². The van der Waals surface area contributed by atoms with E-state index in [1.807, 2.05) is 27.7 Å². The summed E-state index contributed by atoms with van der Waals surface area (Å²) >= 11 is 0. The number of nitrogens with zero attached hydrogens (tertiary/aromatic N) is 3. The Morgan fingerprint density at radius 3 is 2.21 bits per heavy atom. The minimum atomic E-state index is -1.14. The fourth-order valence-corrected chi connectivity index (χ4v) is 5.71. The molecule has 7 unspecified atom stereocenters. The summed E-state index contributed by atoms with van der Waals surface area (Å²) in [5, 5.41) is 5.58. The Kier molecular flexibility index (Phi) is 11.9. The standard InChI is InChI=1S/C30H49N5O8/c1-8-18(4)24-29(40)34(7)25(17(2)3)30(41)33(6)19(5)26(37)31-13-12-23(36)43-22(15-20-16-42-20)28(39)35-14-10-9-11-21(35)27(38)32-24/h17-22,24-25H,8-16H2,1-7H3,(H,31,37)(H,32,38). The monoisotopic (exact) mass is 607 g/mol. The van der Waals surface area contributed by atoms with Crippen molar-refractivity contribution in [2.45, 2.75) is 110 Å². The molecular formula is C30H49N5O8. The van der Waals surface area contributed by atoms with E-state index in [0.717, 1.165) is 0 Å². The molecule has 3 aliphatic rings. The van der Waals surface area contributed by atoms with Gasteiger partial charge < -0.3 is 34.8 Å². The smallest absolute Gasteiger partial charge is 0.308 e. The predicted molar refractivity (Wildman–Crippen MR) is 156 cm³/mol. The Balaban J connectivity index is 2.00. The number of likely N-dealkylation sites (N-methyl/N-ethyl adjacent to an activating group) is 2. The molecule has 3 aliphatic heterocycles. The molecule has 2 N–H and O–H groups in total. The lowest BCUT2D eigenvalue weighted by Gasteiger charge is -2.39. The Hall–Kier alpha value is -3.22. The van der Waals surface area contributed by atoms with Crippen molar-refractivity contribution in [3.8, 4) is 0 Å². The van der Waals surface area contributed by atoms with E-state index in [4.69, 9.17) is 9.47 Å². The van der Waals surface area contributed by atoms with Gasteiger partial charge in [0, 0.05) is 33.6 Å². The molecular weight excluding hydrogens is 558 g/mol. The maximum absolute atomic E-state index is 14.0. The molecule has 3 rings (SSSR count). The highest BCUT2D eigenvalue weighted by Crippen LogP contribution is 2.25. The fourth-order valence-electron chi connectivity index (χ4n) is 5.71. The van der Waals surface area contributed by atoms with Crippen molar-refractivity contribution in [1.29, 1.82) is 0 Å². The molecule has 7 atom stereocenters. The summed E-state index contributed by atoms with van der Waals surface area (Å²) < 4.78 is 10.9. The van der Waals surface area contributed by atoms with E-state index in [9.17, 15) is 28.8 Å². The number of hydrogen-bond acceptors (Lipinski definition) is 8. The number of nitrogens with one attached hydrogen (secondary N) is 2. The lowest BCUT2D eigenvalue weighted by molar-refractivity contribution is -0.164. The molecule has 0 spiro atoms. The van der Waals surface area contributed by atoms with E-state index in [1.54, 1.807) is 6.92 Å². The highest BCUT2D eigenvalue weighted by Gasteiger charge is 2.43. The third-order valence-corrected chi connectivity index (χ3v) is 8.88. The van der Waals surface area contributed by atoms with Gasteiger partial charge >= 0.3 is 5.97 Å². The second-order valence-corrected chi connectivity index (χ2v) is 12.4. The Morgan fingerprint density at radius 2 is 1.60 bits per heavy atom. The van der Waals surface area contributed by atoms with Crippen molar-refractivity contribution in [2.24, 2.45) is 11.8 Å². The van der Waals surface area contributed by atoms with E-state index < -0.39 is 65.8 Å². The molecule has 5 amide bonds. The van der Waals surface area contributed by atoms with E-state index in [-0.39, 0.29) is 37.3 Å². The average molecular weight is 608 g/mol. The van der Waals surface area contributed by atoms with Crippen LogP contribution in [-0.2, 0) is 38.2 Å². The number of fused-ring (bicyclic) bond motifs is 1. The largest absolute Gasteiger partial charge is 0.452 e. The first-order chi connectivity index (χ1) is 20.3. The van der Waals surface area contributed by atoms with Gasteiger partial charge in [-0.15, -0.1) is 0 Å². The van der Waals surface area contributed by atoms with Crippen LogP contribution in [0, 0.1) is 11.8 Å². The minimum Gasteiger partial charge on any atom is -0.452 e. The second-order valence-electron chi connectivity index (χ2n) is 12.4. The fraction of sp³-hybridized carbons (Fsp3) is 0.800. The van der Waals surface area contributed by atoms with Gasteiger partial charge in [-0.25, -0.2) is 0 Å². The molecule has 0 aromatic heterocycles. The van der Waals surface area contributed by atoms with Gasteiger partial charge in [0.2, 0.25) is 23.6 Å². The number of carbonyl (C=O) groups is 6. The van der Waals surface area contributed by atoms with Gasteiger partial charge in [0.05, 0.1) is 19.1 Å². The number of epoxide rings is 1. The number of ether oxygens (including phenoxy) is 2. The van der Waals surface area contributed by atoms with Gasteiger partial charge in [0.1, 0.15) is 24.2 Å². The summed E-state index contributed by atoms with van der Waals surface area (Å²) in [6.45, 7) is 9.67. The molecule has 13 heteroatoms. The quantitative estimate of drug-likeness (QED) is 0.337. The summed E-state index contributed by atoms with van der Waals surface area (Å²) in [5.74, 6) is -3.50. The number of piperidine rings is 1. The molecule has 3 fully saturated rings. The van der Waals surface area contributed by atoms with Gasteiger partial charge in [-0.1, -0.05) is 34.1 Å². The van der Waals surface area contributed by atoms with E-state index in [2.05, 4.69) is 10.6 Å². The van der Waals surface area contributed by atoms with Crippen molar-refractivity contribution in [2.75, 3.05) is 33.8 Å². The van der Waals surface area contributed by atoms with E-state index in [1.165, 1.54) is 28.8 Å². The van der Waals surface area contributed by atoms with Crippen LogP contribution in [0.5, 0.6) is 0 Å². The molecule has 0 bridgehead atoms. The Bertz CT molecular complexity index is 1060. The highest BCUT2D eigenvalue weighted by molar-refractivity contribution is 5.96. The van der Waals surface area contributed by atoms with Gasteiger partial charge in [-0.2, -0.15) is 0 Å². The Labute approximate surface area is 254 Å². The van der Waals surface area contributed by atoms with Crippen molar-refractivity contribution in [3.63, 3.8) is 0 Å². The average Bonchev–Trinajstić information content (AvgIpc) is 3.80. The van der Waals surface area contributed by atoms with Crippen molar-refractivity contribution in [1.82, 2.24) is 25.3 Å². The molecule has 242 valence electrons. The third kappa shape index (κ3) is 8.45. The molecule has 43 heavy (non-hydrogen) atoms. The minimum absolute atomic E-state index is 0.0534. The number of rotatable bonds is 5. The van der Waals surface area contributed by atoms with Crippen LogP contribution < -0.4 is 10.6 Å². The topological polar surface area (TPSA) is 158 Å². The highest BCUT2D eigenvalue weighted by atomic mass is 16.6. The maximum Gasteiger partial charge on any atom is 0.308 e. The van der Waals surface area contributed by atoms with Crippen LogP contribution in [0.15, 0.2) is 0 Å². The summed E-state index contributed by atoms with van der Waals surface area (Å²) in [5.41, 5.74) is 0. The third-order valence-electron chi connectivity index (χ3n) is 8.88. The zero-order chi connectivity index (χ0) is 32.0. The molecule has 0 radical (unpaired) electrons. The zero-order valence-electron chi connectivity index (χ0n) is 26.6. The summed E-state index contributed by atoms with van der Waals surface area (Å²) in [6.07, 6.45) is 1.01. The number of amides is 5. The second kappa shape index (κ2) is 15.0. The lowest BCUT2D eigenvalue weighted by atomic mass is 9.93. The van der Waals surface area contributed by atoms with Crippen molar-refractivity contribution >= 4 is 35.5 Å². The number of cyclic esters (lactones) is 1. The van der Waals surface area contributed by atoms with Gasteiger partial charge in [0.25, 0.3) is 5.91 Å². The predicted octanol–water partition coefficient (Wildman–Crippen LogP) is 0.449. The zero-order valence-corrected chi connectivity index (χ0v) is 26.6. The molecule has 0 aliphatic carbocycles. The summed E-state index contributed by atoms with van der Waals surface area (Å²) in [4.78, 5) is 85.1. The van der Waals surface area contributed by atoms with Gasteiger partial charge in [-0.05, 0) is 38.0 Å². The first kappa shape index (κ1) is 34.3. The summed E-state index contributed by atoms with van der Waals surface area (Å²) in [7, 11) is 3.04. The first-order valence-electron chi connectivity index (χ1n) is 15.5. The van der Waals surface area contributed by atoms with Crippen LogP contribution in [-0.4, -0.2) is 120 Å². The number of esters is 1. The molecule has 3 heterocycles. The maximum atomic E-state index is 14.0. The van der Waals surface area contributed by atoms with Gasteiger partial charge in [0.15, 0.2) is 6.10 Å². The van der Waals surface area contributed by atoms with Gasteiger partial charge in [-0.3, -0.25) is 28.8 Å². The van der Waals surface area contributed by atoms with Crippen molar-refractivity contribution in [3.05, 3.63) is 0 Å². The van der Waals surface area contributed by atoms with E-state index in [0.29, 0.717) is 38.8 Å². The van der Waals surface area contributed by atoms with Crippen LogP contribution in [0.4, 0.5) is 0 Å². The van der Waals surface area contributed by atoms with Crippen LogP contribution in [0.25, 0.3) is 0 Å². The first-order valence-corrected chi connectivity index (χ1v) is 15.5. The number of hydrogen-bond donors (Lipinski definition) is 2. The van der Waals surface area contributed by atoms with E-state index >= 15 is 0 Å². The molecule has 0 saturated carbocycles. The lowest BCUT2D eigenvalue weighted by Crippen LogP contribution is -2.61. The molecule has 13 nitrogen and oxygen atoms in total. The Morgan fingerprint density at radius 1 is 0.930 bits per heavy atom. The normalized spacial score (nSPS) is 31.4. The van der Waals surface area contributed by atoms with Crippen LogP contribution >= 0.6 is 0 Å². The van der Waals surface area contributed by atoms with Crippen molar-refractivity contribution < 1.29 is 38.2 Å². The molecule has 3 saturated heterocycles. The number of carbonyl (C=O) groups excluding carboxylic acids is 6. The van der Waals surface area contributed by atoms with Crippen LogP contribution in [0.2, 0.25) is 0 Å².